The number of ether oxygens (including phenoxy) is 2. The topological polar surface area (TPSA) is 76.2 Å². The first-order valence-corrected chi connectivity index (χ1v) is 11.7. The molecule has 1 fully saturated rings. The highest BCUT2D eigenvalue weighted by Crippen LogP contribution is 2.33. The van der Waals surface area contributed by atoms with Crippen LogP contribution in [0.25, 0.3) is 0 Å². The number of hydrogen-bond donors (Lipinski definition) is 0. The maximum atomic E-state index is 12.8. The minimum absolute atomic E-state index is 0.0216. The van der Waals surface area contributed by atoms with Gasteiger partial charge in [-0.25, -0.2) is 0 Å². The summed E-state index contributed by atoms with van der Waals surface area (Å²) in [5.41, 5.74) is 3.89. The summed E-state index contributed by atoms with van der Waals surface area (Å²) in [6.45, 7) is 2.06. The number of Topliss-reactive ketones (excluding diaryl/α,β-unsaturated/α-hetero) is 1. The third-order valence-corrected chi connectivity index (χ3v) is 6.78. The second-order valence-corrected chi connectivity index (χ2v) is 8.85. The Morgan fingerprint density at radius 1 is 0.727 bits per heavy atom. The summed E-state index contributed by atoms with van der Waals surface area (Å²) in [6, 6.07) is 11.2. The van der Waals surface area contributed by atoms with Crippen molar-refractivity contribution in [2.45, 2.75) is 38.5 Å². The molecule has 0 spiro atoms. The second kappa shape index (κ2) is 9.25. The molecule has 2 aromatic carbocycles. The molecule has 0 unspecified atom stereocenters. The van der Waals surface area contributed by atoms with E-state index in [9.17, 15) is 14.4 Å². The average Bonchev–Trinajstić information content (AvgIpc) is 3.34. The Labute approximate surface area is 193 Å². The van der Waals surface area contributed by atoms with E-state index in [-0.39, 0.29) is 37.2 Å². The molecule has 33 heavy (non-hydrogen) atoms. The molecular formula is C26H28N2O5. The molecule has 2 aromatic rings. The SMILES string of the molecule is O=C(CCC(=O)N1CCN(C(=O)c2ccc3c(c2)OCO3)CC1)c1ccc2c(c1)CCCC2. The molecule has 0 N–H and O–H groups in total. The van der Waals surface area contributed by atoms with E-state index in [1.807, 2.05) is 12.1 Å². The minimum atomic E-state index is -0.0806. The zero-order valence-corrected chi connectivity index (χ0v) is 18.7. The maximum Gasteiger partial charge on any atom is 0.254 e. The van der Waals surface area contributed by atoms with Gasteiger partial charge in [0.1, 0.15) is 0 Å². The standard InChI is InChI=1S/C26H28N2O5/c29-22(20-6-5-18-3-1-2-4-19(18)15-20)8-10-25(30)27-11-13-28(14-12-27)26(31)21-7-9-23-24(16-21)33-17-32-23/h5-7,9,15-16H,1-4,8,10-14,17H2. The summed E-state index contributed by atoms with van der Waals surface area (Å²) >= 11 is 0. The third-order valence-electron chi connectivity index (χ3n) is 6.78. The molecule has 0 aromatic heterocycles. The molecule has 0 saturated carbocycles. The van der Waals surface area contributed by atoms with Crippen molar-refractivity contribution in [3.05, 3.63) is 58.7 Å². The number of aryl methyl sites for hydroxylation is 2. The van der Waals surface area contributed by atoms with Gasteiger partial charge in [0.25, 0.3) is 5.91 Å². The average molecular weight is 449 g/mol. The number of benzene rings is 2. The molecule has 3 aliphatic rings. The molecule has 0 radical (unpaired) electrons. The molecule has 1 saturated heterocycles. The fraction of sp³-hybridized carbons (Fsp3) is 0.423. The lowest BCUT2D eigenvalue weighted by Crippen LogP contribution is -2.50. The van der Waals surface area contributed by atoms with Gasteiger partial charge in [-0.15, -0.1) is 0 Å². The molecule has 2 aliphatic heterocycles. The Kier molecular flexibility index (Phi) is 6.03. The summed E-state index contributed by atoms with van der Waals surface area (Å²) < 4.78 is 10.7. The van der Waals surface area contributed by atoms with Gasteiger partial charge in [0.05, 0.1) is 0 Å². The van der Waals surface area contributed by atoms with Crippen LogP contribution in [0.3, 0.4) is 0 Å². The van der Waals surface area contributed by atoms with Gasteiger partial charge in [0.15, 0.2) is 17.3 Å². The molecule has 0 atom stereocenters. The fourth-order valence-electron chi connectivity index (χ4n) is 4.80. The smallest absolute Gasteiger partial charge is 0.254 e. The van der Waals surface area contributed by atoms with E-state index in [1.54, 1.807) is 28.0 Å². The first-order valence-electron chi connectivity index (χ1n) is 11.7. The number of rotatable bonds is 5. The number of carbonyl (C=O) groups is 3. The molecule has 7 nitrogen and oxygen atoms in total. The van der Waals surface area contributed by atoms with Crippen molar-refractivity contribution in [3.63, 3.8) is 0 Å². The second-order valence-electron chi connectivity index (χ2n) is 8.85. The van der Waals surface area contributed by atoms with Gasteiger partial charge in [0, 0.05) is 50.1 Å². The van der Waals surface area contributed by atoms with Crippen molar-refractivity contribution < 1.29 is 23.9 Å². The molecular weight excluding hydrogens is 420 g/mol. The quantitative estimate of drug-likeness (QED) is 0.657. The fourth-order valence-corrected chi connectivity index (χ4v) is 4.80. The maximum absolute atomic E-state index is 12.8. The van der Waals surface area contributed by atoms with Gasteiger partial charge in [0.2, 0.25) is 12.7 Å². The van der Waals surface area contributed by atoms with Crippen LogP contribution in [0, 0.1) is 0 Å². The highest BCUT2D eigenvalue weighted by atomic mass is 16.7. The Hall–Kier alpha value is -3.35. The Morgan fingerprint density at radius 2 is 1.42 bits per heavy atom. The largest absolute Gasteiger partial charge is 0.454 e. The lowest BCUT2D eigenvalue weighted by molar-refractivity contribution is -0.132. The van der Waals surface area contributed by atoms with Gasteiger partial charge in [-0.05, 0) is 61.1 Å². The monoisotopic (exact) mass is 448 g/mol. The van der Waals surface area contributed by atoms with Crippen LogP contribution in [-0.4, -0.2) is 60.4 Å². The summed E-state index contributed by atoms with van der Waals surface area (Å²) in [7, 11) is 0. The zero-order chi connectivity index (χ0) is 22.8. The first kappa shape index (κ1) is 21.5. The number of ketones is 1. The third kappa shape index (κ3) is 4.58. The van der Waals surface area contributed by atoms with E-state index in [0.29, 0.717) is 48.8 Å². The minimum Gasteiger partial charge on any atom is -0.454 e. The number of carbonyl (C=O) groups excluding carboxylic acids is 3. The Balaban J connectivity index is 1.11. The van der Waals surface area contributed by atoms with Crippen molar-refractivity contribution in [2.24, 2.45) is 0 Å². The number of amides is 2. The van der Waals surface area contributed by atoms with E-state index in [0.717, 1.165) is 12.8 Å². The van der Waals surface area contributed by atoms with Gasteiger partial charge < -0.3 is 19.3 Å². The van der Waals surface area contributed by atoms with E-state index >= 15 is 0 Å². The lowest BCUT2D eigenvalue weighted by atomic mass is 9.89. The molecule has 7 heteroatoms. The summed E-state index contributed by atoms with van der Waals surface area (Å²) in [5.74, 6) is 1.14. The number of hydrogen-bond acceptors (Lipinski definition) is 5. The molecule has 2 heterocycles. The predicted molar refractivity (Wildman–Crippen MR) is 122 cm³/mol. The molecule has 172 valence electrons. The van der Waals surface area contributed by atoms with Crippen LogP contribution in [0.2, 0.25) is 0 Å². The number of nitrogens with zero attached hydrogens (tertiary/aromatic N) is 2. The van der Waals surface area contributed by atoms with Crippen molar-refractivity contribution >= 4 is 17.6 Å². The first-order chi connectivity index (χ1) is 16.1. The van der Waals surface area contributed by atoms with E-state index in [2.05, 4.69) is 6.07 Å². The lowest BCUT2D eigenvalue weighted by Gasteiger charge is -2.35. The van der Waals surface area contributed by atoms with E-state index in [4.69, 9.17) is 9.47 Å². The Morgan fingerprint density at radius 3 is 2.24 bits per heavy atom. The molecule has 2 amide bonds. The van der Waals surface area contributed by atoms with Crippen molar-refractivity contribution in [2.75, 3.05) is 33.0 Å². The van der Waals surface area contributed by atoms with Crippen LogP contribution in [0.5, 0.6) is 11.5 Å². The summed E-state index contributed by atoms with van der Waals surface area (Å²) in [4.78, 5) is 41.7. The van der Waals surface area contributed by atoms with Gasteiger partial charge >= 0.3 is 0 Å². The van der Waals surface area contributed by atoms with Gasteiger partial charge in [-0.2, -0.15) is 0 Å². The molecule has 1 aliphatic carbocycles. The van der Waals surface area contributed by atoms with Crippen molar-refractivity contribution in [1.82, 2.24) is 9.80 Å². The van der Waals surface area contributed by atoms with Crippen molar-refractivity contribution in [1.29, 1.82) is 0 Å². The van der Waals surface area contributed by atoms with Crippen LogP contribution in [0.15, 0.2) is 36.4 Å². The summed E-state index contributed by atoms with van der Waals surface area (Å²) in [6.07, 6.45) is 4.92. The highest BCUT2D eigenvalue weighted by molar-refractivity contribution is 5.98. The van der Waals surface area contributed by atoms with Crippen LogP contribution in [0.4, 0.5) is 0 Å². The normalized spacial score (nSPS) is 17.0. The van der Waals surface area contributed by atoms with Crippen LogP contribution < -0.4 is 9.47 Å². The Bertz CT molecular complexity index is 1090. The van der Waals surface area contributed by atoms with Crippen LogP contribution >= 0.6 is 0 Å². The predicted octanol–water partition coefficient (Wildman–Crippen LogP) is 3.24. The van der Waals surface area contributed by atoms with Crippen molar-refractivity contribution in [3.8, 4) is 11.5 Å². The molecule has 0 bridgehead atoms. The number of piperazine rings is 1. The number of fused-ring (bicyclic) bond motifs is 2. The van der Waals surface area contributed by atoms with E-state index in [1.165, 1.54) is 24.0 Å². The molecule has 5 rings (SSSR count). The highest BCUT2D eigenvalue weighted by Gasteiger charge is 2.26. The zero-order valence-electron chi connectivity index (χ0n) is 18.7. The van der Waals surface area contributed by atoms with Crippen LogP contribution in [-0.2, 0) is 17.6 Å². The van der Waals surface area contributed by atoms with Gasteiger partial charge in [-0.3, -0.25) is 14.4 Å². The summed E-state index contributed by atoms with van der Waals surface area (Å²) in [5, 5.41) is 0. The van der Waals surface area contributed by atoms with Crippen LogP contribution in [0.1, 0.15) is 57.5 Å². The van der Waals surface area contributed by atoms with Gasteiger partial charge in [-0.1, -0.05) is 12.1 Å². The van der Waals surface area contributed by atoms with E-state index < -0.39 is 0 Å².